The summed E-state index contributed by atoms with van der Waals surface area (Å²) < 4.78 is 9.39. The van der Waals surface area contributed by atoms with Crippen molar-refractivity contribution in [2.24, 2.45) is 0 Å². The van der Waals surface area contributed by atoms with Gasteiger partial charge in [-0.25, -0.2) is 0 Å². The maximum absolute atomic E-state index is 10.8. The van der Waals surface area contributed by atoms with Crippen LogP contribution in [0.5, 0.6) is 0 Å². The largest absolute Gasteiger partial charge is 0.466 e. The summed E-state index contributed by atoms with van der Waals surface area (Å²) in [4.78, 5) is 21.6. The Balaban J connectivity index is 3.33. The average molecular weight is 193 g/mol. The van der Waals surface area contributed by atoms with Crippen molar-refractivity contribution in [3.05, 3.63) is 0 Å². The molecule has 0 aliphatic carbocycles. The number of carbonyl (C=O) groups is 2. The number of rotatable bonds is 6. The Hall–Kier alpha value is -1.06. The first kappa shape index (κ1) is 11.9. The fraction of sp³-hybridized carbons (Fsp3) is 0.778. The first-order valence-corrected chi connectivity index (χ1v) is 4.52. The highest BCUT2D eigenvalue weighted by Crippen LogP contribution is 1.99. The number of hydrogen-bond donors (Lipinski definition) is 0. The lowest BCUT2D eigenvalue weighted by Crippen LogP contribution is -2.07. The molecule has 0 radical (unpaired) electrons. The van der Waals surface area contributed by atoms with Crippen LogP contribution in [0, 0.1) is 0 Å². The van der Waals surface area contributed by atoms with Crippen molar-refractivity contribution in [1.82, 2.24) is 0 Å². The molecule has 0 N–H and O–H groups in total. The summed E-state index contributed by atoms with van der Waals surface area (Å²) in [7, 11) is 0. The Labute approximate surface area is 78.2 Å². The molecular formula is C9H16O4. The highest BCUT2D eigenvalue weighted by atomic mass is 16.6. The van der Waals surface area contributed by atoms with Crippen LogP contribution < -0.4 is 0 Å². The second kappa shape index (κ2) is 7.58. The maximum atomic E-state index is 10.8. The zero-order valence-electron chi connectivity index (χ0n) is 8.17. The van der Waals surface area contributed by atoms with Crippen LogP contribution in [-0.4, -0.2) is 25.2 Å². The van der Waals surface area contributed by atoms with E-state index in [4.69, 9.17) is 9.47 Å². The van der Waals surface area contributed by atoms with Crippen molar-refractivity contribution in [2.45, 2.75) is 33.1 Å². The molecule has 4 nitrogen and oxygen atoms in total. The van der Waals surface area contributed by atoms with Crippen LogP contribution in [0.15, 0.2) is 0 Å². The summed E-state index contributed by atoms with van der Waals surface area (Å²) >= 11 is 0. The SMILES string of the molecule is CCO[13C](=O)[13CH2][13CH2][13CH2][13C](=O)OCC. The molecule has 0 aromatic heterocycles. The minimum Gasteiger partial charge on any atom is -0.466 e. The van der Waals surface area contributed by atoms with E-state index in [0.717, 1.165) is 0 Å². The van der Waals surface area contributed by atoms with Crippen molar-refractivity contribution < 1.29 is 19.1 Å². The van der Waals surface area contributed by atoms with Gasteiger partial charge in [0.15, 0.2) is 0 Å². The summed E-state index contributed by atoms with van der Waals surface area (Å²) in [6.45, 7) is 4.28. The van der Waals surface area contributed by atoms with Crippen LogP contribution in [0.3, 0.4) is 0 Å². The zero-order chi connectivity index (χ0) is 10.1. The lowest BCUT2D eigenvalue weighted by atomic mass is 10.9. The van der Waals surface area contributed by atoms with E-state index in [1.54, 1.807) is 13.8 Å². The predicted molar refractivity (Wildman–Crippen MR) is 47.1 cm³/mol. The van der Waals surface area contributed by atoms with Crippen LogP contribution in [-0.2, 0) is 19.1 Å². The maximum Gasteiger partial charge on any atom is 0.305 e. The third-order valence-corrected chi connectivity index (χ3v) is 1.37. The van der Waals surface area contributed by atoms with Gasteiger partial charge in [-0.1, -0.05) is 0 Å². The number of ether oxygens (including phenoxy) is 2. The van der Waals surface area contributed by atoms with Gasteiger partial charge in [0.2, 0.25) is 0 Å². The van der Waals surface area contributed by atoms with Gasteiger partial charge in [-0.15, -0.1) is 0 Å². The fourth-order valence-electron chi connectivity index (χ4n) is 0.843. The molecule has 0 saturated heterocycles. The Morgan fingerprint density at radius 1 is 0.923 bits per heavy atom. The van der Waals surface area contributed by atoms with Crippen LogP contribution in [0.2, 0.25) is 0 Å². The average Bonchev–Trinajstić information content (AvgIpc) is 2.05. The Morgan fingerprint density at radius 3 is 1.62 bits per heavy atom. The molecule has 13 heavy (non-hydrogen) atoms. The van der Waals surface area contributed by atoms with E-state index in [-0.39, 0.29) is 24.8 Å². The molecule has 0 aromatic carbocycles. The van der Waals surface area contributed by atoms with Gasteiger partial charge >= 0.3 is 11.9 Å². The minimum atomic E-state index is -0.258. The molecule has 0 rings (SSSR count). The first-order chi connectivity index (χ1) is 6.20. The van der Waals surface area contributed by atoms with Gasteiger partial charge in [0.25, 0.3) is 0 Å². The summed E-state index contributed by atoms with van der Waals surface area (Å²) in [5.74, 6) is -0.515. The lowest BCUT2D eigenvalue weighted by molar-refractivity contribution is -0.144. The van der Waals surface area contributed by atoms with E-state index < -0.39 is 0 Å². The van der Waals surface area contributed by atoms with Crippen LogP contribution >= 0.6 is 0 Å². The van der Waals surface area contributed by atoms with Gasteiger partial charge < -0.3 is 9.47 Å². The summed E-state index contributed by atoms with van der Waals surface area (Å²) in [6.07, 6.45) is 1.07. The highest BCUT2D eigenvalue weighted by Gasteiger charge is 2.05. The molecule has 0 saturated carbocycles. The molecule has 0 spiro atoms. The molecule has 4 heteroatoms. The Kier molecular flexibility index (Phi) is 6.96. The minimum absolute atomic E-state index is 0.258. The van der Waals surface area contributed by atoms with Crippen molar-refractivity contribution >= 4 is 11.9 Å². The lowest BCUT2D eigenvalue weighted by Gasteiger charge is -2.01. The second-order valence-corrected chi connectivity index (χ2v) is 2.46. The van der Waals surface area contributed by atoms with E-state index in [2.05, 4.69) is 0 Å². The fourth-order valence-corrected chi connectivity index (χ4v) is 0.843. The molecule has 0 aliphatic heterocycles. The van der Waals surface area contributed by atoms with Crippen molar-refractivity contribution in [3.8, 4) is 0 Å². The normalized spacial score (nSPS) is 9.38. The summed E-state index contributed by atoms with van der Waals surface area (Å²) in [5.41, 5.74) is 0. The molecule has 0 amide bonds. The van der Waals surface area contributed by atoms with E-state index in [0.29, 0.717) is 19.6 Å². The molecule has 0 atom stereocenters. The molecule has 0 aliphatic rings. The molecule has 0 unspecified atom stereocenters. The van der Waals surface area contributed by atoms with Crippen molar-refractivity contribution in [1.29, 1.82) is 0 Å². The van der Waals surface area contributed by atoms with Gasteiger partial charge in [0, 0.05) is 12.8 Å². The van der Waals surface area contributed by atoms with Crippen LogP contribution in [0.1, 0.15) is 33.1 Å². The third-order valence-electron chi connectivity index (χ3n) is 1.37. The van der Waals surface area contributed by atoms with Crippen LogP contribution in [0.25, 0.3) is 0 Å². The molecule has 0 fully saturated rings. The van der Waals surface area contributed by atoms with Crippen molar-refractivity contribution in [3.63, 3.8) is 0 Å². The molecule has 0 heterocycles. The van der Waals surface area contributed by atoms with Gasteiger partial charge in [0.05, 0.1) is 13.2 Å². The smallest absolute Gasteiger partial charge is 0.305 e. The topological polar surface area (TPSA) is 52.6 Å². The van der Waals surface area contributed by atoms with E-state index in [1.807, 2.05) is 0 Å². The van der Waals surface area contributed by atoms with E-state index in [1.165, 1.54) is 0 Å². The summed E-state index contributed by atoms with van der Waals surface area (Å²) in [5, 5.41) is 0. The van der Waals surface area contributed by atoms with E-state index in [9.17, 15) is 9.59 Å². The van der Waals surface area contributed by atoms with Crippen molar-refractivity contribution in [2.75, 3.05) is 13.2 Å². The Bertz CT molecular complexity index is 147. The molecule has 76 valence electrons. The third kappa shape index (κ3) is 7.31. The van der Waals surface area contributed by atoms with Gasteiger partial charge in [-0.05, 0) is 20.3 Å². The molecule has 0 bridgehead atoms. The van der Waals surface area contributed by atoms with Crippen LogP contribution in [0.4, 0.5) is 0 Å². The van der Waals surface area contributed by atoms with Gasteiger partial charge in [-0.2, -0.15) is 0 Å². The summed E-state index contributed by atoms with van der Waals surface area (Å²) in [6, 6.07) is 0. The number of carbonyl (C=O) groups excluding carboxylic acids is 2. The molecular weight excluding hydrogens is 177 g/mol. The number of hydrogen-bond acceptors (Lipinski definition) is 4. The second-order valence-electron chi connectivity index (χ2n) is 2.46. The predicted octanol–water partition coefficient (Wildman–Crippen LogP) is 1.28. The Morgan fingerprint density at radius 2 is 1.31 bits per heavy atom. The quantitative estimate of drug-likeness (QED) is 0.471. The molecule has 0 aromatic rings. The zero-order valence-corrected chi connectivity index (χ0v) is 8.17. The van der Waals surface area contributed by atoms with Gasteiger partial charge in [-0.3, -0.25) is 9.59 Å². The monoisotopic (exact) mass is 193 g/mol. The standard InChI is InChI=1S/C9H16O4/c1-3-12-8(10)6-5-7-9(11)13-4-2/h3-7H2,1-2H3/i5+1,6+1,7+1,8+1,9+1. The highest BCUT2D eigenvalue weighted by molar-refractivity contribution is 5.72. The van der Waals surface area contributed by atoms with Gasteiger partial charge in [0.1, 0.15) is 0 Å². The van der Waals surface area contributed by atoms with E-state index >= 15 is 0 Å². The first-order valence-electron chi connectivity index (χ1n) is 4.52. The number of esters is 2.